The first kappa shape index (κ1) is 18.0. The molecular formula is C21H23NO4. The van der Waals surface area contributed by atoms with E-state index in [1.54, 1.807) is 0 Å². The molecule has 1 amide bonds. The van der Waals surface area contributed by atoms with Crippen molar-refractivity contribution in [3.63, 3.8) is 0 Å². The van der Waals surface area contributed by atoms with Crippen molar-refractivity contribution in [2.24, 2.45) is 0 Å². The van der Waals surface area contributed by atoms with Crippen LogP contribution in [0.3, 0.4) is 0 Å². The third-order valence-corrected chi connectivity index (χ3v) is 4.60. The average Bonchev–Trinajstić information content (AvgIpc) is 3.11. The fourth-order valence-corrected chi connectivity index (χ4v) is 3.31. The Morgan fingerprint density at radius 1 is 1.15 bits per heavy atom. The monoisotopic (exact) mass is 353 g/mol. The molecule has 5 heteroatoms. The van der Waals surface area contributed by atoms with Crippen LogP contribution in [0.2, 0.25) is 0 Å². The molecule has 2 aromatic carbocycles. The van der Waals surface area contributed by atoms with E-state index < -0.39 is 12.0 Å². The summed E-state index contributed by atoms with van der Waals surface area (Å²) >= 11 is 0. The van der Waals surface area contributed by atoms with Gasteiger partial charge in [-0.25, -0.2) is 4.79 Å². The normalized spacial score (nSPS) is 16.5. The lowest BCUT2D eigenvalue weighted by Gasteiger charge is -2.21. The minimum atomic E-state index is -0.925. The lowest BCUT2D eigenvalue weighted by Crippen LogP contribution is -2.41. The van der Waals surface area contributed by atoms with Crippen LogP contribution in [0.25, 0.3) is 0 Å². The summed E-state index contributed by atoms with van der Waals surface area (Å²) in [6, 6.07) is 14.9. The SMILES string of the molecule is Cc1cccc(COc2cccc(CC(=O)N3CCC[C@H]3C(=O)O)c2)c1. The number of likely N-dealkylation sites (tertiary alicyclic amines) is 1. The van der Waals surface area contributed by atoms with Crippen molar-refractivity contribution in [1.82, 2.24) is 4.90 Å². The molecule has 0 radical (unpaired) electrons. The van der Waals surface area contributed by atoms with Gasteiger partial charge in [-0.15, -0.1) is 0 Å². The molecule has 0 saturated carbocycles. The molecule has 1 fully saturated rings. The van der Waals surface area contributed by atoms with E-state index >= 15 is 0 Å². The molecule has 3 rings (SSSR count). The number of benzene rings is 2. The van der Waals surface area contributed by atoms with Gasteiger partial charge in [0.1, 0.15) is 18.4 Å². The van der Waals surface area contributed by atoms with Crippen LogP contribution in [0, 0.1) is 6.92 Å². The Kier molecular flexibility index (Phi) is 5.56. The lowest BCUT2D eigenvalue weighted by atomic mass is 10.1. The molecule has 1 heterocycles. The largest absolute Gasteiger partial charge is 0.489 e. The lowest BCUT2D eigenvalue weighted by molar-refractivity contribution is -0.148. The summed E-state index contributed by atoms with van der Waals surface area (Å²) < 4.78 is 5.84. The molecule has 136 valence electrons. The maximum Gasteiger partial charge on any atom is 0.326 e. The summed E-state index contributed by atoms with van der Waals surface area (Å²) in [5.74, 6) is -0.371. The van der Waals surface area contributed by atoms with E-state index in [2.05, 4.69) is 6.07 Å². The van der Waals surface area contributed by atoms with Crippen molar-refractivity contribution in [2.45, 2.75) is 38.8 Å². The van der Waals surface area contributed by atoms with Gasteiger partial charge in [0.25, 0.3) is 0 Å². The molecular weight excluding hydrogens is 330 g/mol. The van der Waals surface area contributed by atoms with Crippen molar-refractivity contribution in [1.29, 1.82) is 0 Å². The van der Waals surface area contributed by atoms with Crippen molar-refractivity contribution in [3.05, 3.63) is 65.2 Å². The van der Waals surface area contributed by atoms with Gasteiger partial charge in [-0.05, 0) is 43.0 Å². The smallest absolute Gasteiger partial charge is 0.326 e. The summed E-state index contributed by atoms with van der Waals surface area (Å²) in [5.41, 5.74) is 3.10. The highest BCUT2D eigenvalue weighted by molar-refractivity contribution is 5.85. The molecule has 0 aliphatic carbocycles. The van der Waals surface area contributed by atoms with Crippen molar-refractivity contribution in [3.8, 4) is 5.75 Å². The number of hydrogen-bond donors (Lipinski definition) is 1. The standard InChI is InChI=1S/C21H23NO4/c1-15-5-2-7-17(11-15)14-26-18-8-3-6-16(12-18)13-20(23)22-10-4-9-19(22)21(24)25/h2-3,5-8,11-12,19H,4,9-10,13-14H2,1H3,(H,24,25)/t19-/m0/s1. The number of amides is 1. The molecule has 2 aromatic rings. The summed E-state index contributed by atoms with van der Waals surface area (Å²) in [5, 5.41) is 9.23. The summed E-state index contributed by atoms with van der Waals surface area (Å²) in [7, 11) is 0. The molecule has 1 atom stereocenters. The number of aryl methyl sites for hydroxylation is 1. The quantitative estimate of drug-likeness (QED) is 0.866. The first-order valence-electron chi connectivity index (χ1n) is 8.82. The van der Waals surface area contributed by atoms with Gasteiger partial charge in [0.2, 0.25) is 5.91 Å². The Balaban J connectivity index is 1.62. The van der Waals surface area contributed by atoms with Crippen LogP contribution in [0.4, 0.5) is 0 Å². The van der Waals surface area contributed by atoms with Gasteiger partial charge in [-0.3, -0.25) is 4.79 Å². The van der Waals surface area contributed by atoms with Gasteiger partial charge in [-0.2, -0.15) is 0 Å². The minimum Gasteiger partial charge on any atom is -0.489 e. The number of carboxylic acid groups (broad SMARTS) is 1. The van der Waals surface area contributed by atoms with E-state index in [0.29, 0.717) is 25.3 Å². The Bertz CT molecular complexity index is 802. The van der Waals surface area contributed by atoms with Gasteiger partial charge in [0.15, 0.2) is 0 Å². The summed E-state index contributed by atoms with van der Waals surface area (Å²) in [6.45, 7) is 3.02. The van der Waals surface area contributed by atoms with E-state index in [4.69, 9.17) is 4.74 Å². The van der Waals surface area contributed by atoms with Crippen LogP contribution in [0.1, 0.15) is 29.5 Å². The zero-order valence-corrected chi connectivity index (χ0v) is 14.9. The number of hydrogen-bond acceptors (Lipinski definition) is 3. The van der Waals surface area contributed by atoms with Gasteiger partial charge in [0, 0.05) is 6.54 Å². The van der Waals surface area contributed by atoms with Crippen LogP contribution < -0.4 is 4.74 Å². The van der Waals surface area contributed by atoms with Crippen molar-refractivity contribution < 1.29 is 19.4 Å². The number of aliphatic carboxylic acids is 1. The molecule has 5 nitrogen and oxygen atoms in total. The zero-order chi connectivity index (χ0) is 18.5. The highest BCUT2D eigenvalue weighted by atomic mass is 16.5. The molecule has 1 saturated heterocycles. The van der Waals surface area contributed by atoms with Gasteiger partial charge in [-0.1, -0.05) is 42.0 Å². The minimum absolute atomic E-state index is 0.147. The first-order valence-corrected chi connectivity index (χ1v) is 8.82. The third kappa shape index (κ3) is 4.42. The van der Waals surface area contributed by atoms with Crippen LogP contribution in [0.15, 0.2) is 48.5 Å². The Morgan fingerprint density at radius 2 is 1.92 bits per heavy atom. The zero-order valence-electron chi connectivity index (χ0n) is 14.9. The van der Waals surface area contributed by atoms with E-state index in [0.717, 1.165) is 17.5 Å². The van der Waals surface area contributed by atoms with E-state index in [1.165, 1.54) is 10.5 Å². The average molecular weight is 353 g/mol. The number of rotatable bonds is 6. The third-order valence-electron chi connectivity index (χ3n) is 4.60. The first-order chi connectivity index (χ1) is 12.5. The highest BCUT2D eigenvalue weighted by Crippen LogP contribution is 2.21. The van der Waals surface area contributed by atoms with Gasteiger partial charge >= 0.3 is 5.97 Å². The maximum absolute atomic E-state index is 12.5. The van der Waals surface area contributed by atoms with E-state index in [1.807, 2.05) is 49.4 Å². The Hall–Kier alpha value is -2.82. The van der Waals surface area contributed by atoms with Gasteiger partial charge < -0.3 is 14.7 Å². The molecule has 26 heavy (non-hydrogen) atoms. The van der Waals surface area contributed by atoms with Crippen LogP contribution in [-0.2, 0) is 22.6 Å². The Labute approximate surface area is 153 Å². The van der Waals surface area contributed by atoms with E-state index in [-0.39, 0.29) is 12.3 Å². The Morgan fingerprint density at radius 3 is 2.69 bits per heavy atom. The number of carbonyl (C=O) groups excluding carboxylic acids is 1. The topological polar surface area (TPSA) is 66.8 Å². The molecule has 1 aliphatic heterocycles. The predicted molar refractivity (Wildman–Crippen MR) is 98.0 cm³/mol. The molecule has 1 aliphatic rings. The fraction of sp³-hybridized carbons (Fsp3) is 0.333. The van der Waals surface area contributed by atoms with Crippen LogP contribution in [-0.4, -0.2) is 34.5 Å². The molecule has 1 N–H and O–H groups in total. The number of ether oxygens (including phenoxy) is 1. The fourth-order valence-electron chi connectivity index (χ4n) is 3.31. The highest BCUT2D eigenvalue weighted by Gasteiger charge is 2.33. The van der Waals surface area contributed by atoms with Crippen LogP contribution >= 0.6 is 0 Å². The predicted octanol–water partition coefficient (Wildman–Crippen LogP) is 3.19. The van der Waals surface area contributed by atoms with Crippen LogP contribution in [0.5, 0.6) is 5.75 Å². The van der Waals surface area contributed by atoms with Crippen molar-refractivity contribution >= 4 is 11.9 Å². The van der Waals surface area contributed by atoms with Gasteiger partial charge in [0.05, 0.1) is 6.42 Å². The molecule has 0 spiro atoms. The maximum atomic E-state index is 12.5. The molecule has 0 bridgehead atoms. The number of carboxylic acids is 1. The van der Waals surface area contributed by atoms with E-state index in [9.17, 15) is 14.7 Å². The summed E-state index contributed by atoms with van der Waals surface area (Å²) in [4.78, 5) is 25.2. The second-order valence-electron chi connectivity index (χ2n) is 6.69. The number of nitrogens with zero attached hydrogens (tertiary/aromatic N) is 1. The second kappa shape index (κ2) is 8.04. The van der Waals surface area contributed by atoms with Crippen molar-refractivity contribution in [2.75, 3.05) is 6.54 Å². The second-order valence-corrected chi connectivity index (χ2v) is 6.69. The number of carbonyl (C=O) groups is 2. The molecule has 0 aromatic heterocycles. The molecule has 0 unspecified atom stereocenters. The summed E-state index contributed by atoms with van der Waals surface area (Å²) in [6.07, 6.45) is 1.45.